The summed E-state index contributed by atoms with van der Waals surface area (Å²) in [4.78, 5) is 11.8. The molecule has 178 valence electrons. The zero-order valence-electron chi connectivity index (χ0n) is 18.4. The van der Waals surface area contributed by atoms with E-state index in [9.17, 15) is 13.2 Å². The topological polar surface area (TPSA) is 114 Å². The van der Waals surface area contributed by atoms with Crippen molar-refractivity contribution in [2.45, 2.75) is 24.5 Å². The van der Waals surface area contributed by atoms with Crippen molar-refractivity contribution in [1.82, 2.24) is 9.79 Å². The molecule has 0 fully saturated rings. The fraction of sp³-hybridized carbons (Fsp3) is 0.208. The third-order valence-corrected chi connectivity index (χ3v) is 7.15. The Morgan fingerprint density at radius 2 is 1.62 bits per heavy atom. The maximum Gasteiger partial charge on any atom is 0.432 e. The van der Waals surface area contributed by atoms with E-state index in [0.717, 1.165) is 15.6 Å². The molecule has 4 rings (SSSR count). The number of rotatable bonds is 7. The Hall–Kier alpha value is -3.60. The van der Waals surface area contributed by atoms with Crippen molar-refractivity contribution in [3.05, 3.63) is 83.9 Å². The average molecular weight is 485 g/mol. The Kier molecular flexibility index (Phi) is 7.01. The van der Waals surface area contributed by atoms with Gasteiger partial charge in [0.1, 0.15) is 17.2 Å². The van der Waals surface area contributed by atoms with Crippen molar-refractivity contribution in [2.75, 3.05) is 13.2 Å². The standard InChI is InChI=1S/C24H24N2O7S/c1-2-31-18-7-9-19(10-8-18)32-20-11-13-21(14-12-20)34(29,30)26-16-15-17-5-3-4-6-22(17)23(26)33-24(27)25-28/h3-14,23,28H,2,15-16H2,1H3,(H,25,27)/t23-/m1/s1. The van der Waals surface area contributed by atoms with E-state index in [0.29, 0.717) is 30.1 Å². The first kappa shape index (κ1) is 23.6. The van der Waals surface area contributed by atoms with E-state index in [1.54, 1.807) is 48.5 Å². The lowest BCUT2D eigenvalue weighted by atomic mass is 10.00. The molecule has 0 aromatic heterocycles. The Bertz CT molecular complexity index is 1250. The number of fused-ring (bicyclic) bond motifs is 1. The van der Waals surface area contributed by atoms with Gasteiger partial charge in [0, 0.05) is 12.1 Å². The van der Waals surface area contributed by atoms with Gasteiger partial charge in [-0.25, -0.2) is 18.7 Å². The number of nitrogens with one attached hydrogen (secondary N) is 1. The first-order chi connectivity index (χ1) is 16.4. The Balaban J connectivity index is 1.56. The van der Waals surface area contributed by atoms with Crippen LogP contribution in [0.15, 0.2) is 77.7 Å². The minimum atomic E-state index is -4.03. The van der Waals surface area contributed by atoms with Crippen molar-refractivity contribution in [1.29, 1.82) is 0 Å². The molecule has 0 saturated heterocycles. The predicted molar refractivity (Wildman–Crippen MR) is 122 cm³/mol. The van der Waals surface area contributed by atoms with Crippen LogP contribution in [0.25, 0.3) is 0 Å². The lowest BCUT2D eigenvalue weighted by molar-refractivity contribution is 0.00236. The molecular weight excluding hydrogens is 460 g/mol. The average Bonchev–Trinajstić information content (AvgIpc) is 2.85. The third-order valence-electron chi connectivity index (χ3n) is 5.29. The molecule has 0 aliphatic carbocycles. The largest absolute Gasteiger partial charge is 0.494 e. The highest BCUT2D eigenvalue weighted by atomic mass is 32.2. The highest BCUT2D eigenvalue weighted by Gasteiger charge is 2.39. The summed E-state index contributed by atoms with van der Waals surface area (Å²) in [5, 5.41) is 8.90. The predicted octanol–water partition coefficient (Wildman–Crippen LogP) is 4.24. The van der Waals surface area contributed by atoms with Gasteiger partial charge < -0.3 is 14.2 Å². The van der Waals surface area contributed by atoms with Gasteiger partial charge in [0.05, 0.1) is 11.5 Å². The number of benzene rings is 3. The molecule has 2 N–H and O–H groups in total. The van der Waals surface area contributed by atoms with Gasteiger partial charge >= 0.3 is 6.09 Å². The lowest BCUT2D eigenvalue weighted by Gasteiger charge is -2.35. The van der Waals surface area contributed by atoms with Crippen LogP contribution in [0.1, 0.15) is 24.3 Å². The van der Waals surface area contributed by atoms with Crippen LogP contribution in [0.5, 0.6) is 17.2 Å². The minimum Gasteiger partial charge on any atom is -0.494 e. The molecule has 1 amide bonds. The van der Waals surface area contributed by atoms with Gasteiger partial charge in [-0.1, -0.05) is 24.3 Å². The van der Waals surface area contributed by atoms with Gasteiger partial charge in [-0.05, 0) is 67.4 Å². The first-order valence-corrected chi connectivity index (χ1v) is 12.1. The monoisotopic (exact) mass is 484 g/mol. The number of sulfonamides is 1. The second kappa shape index (κ2) is 10.1. The fourth-order valence-electron chi connectivity index (χ4n) is 3.72. The van der Waals surface area contributed by atoms with Gasteiger partial charge in [-0.15, -0.1) is 0 Å². The van der Waals surface area contributed by atoms with E-state index in [4.69, 9.17) is 19.4 Å². The number of hydrogen-bond acceptors (Lipinski definition) is 7. The molecule has 1 aliphatic rings. The van der Waals surface area contributed by atoms with E-state index >= 15 is 0 Å². The number of nitrogens with zero attached hydrogens (tertiary/aromatic N) is 1. The van der Waals surface area contributed by atoms with Gasteiger partial charge in [-0.3, -0.25) is 5.21 Å². The van der Waals surface area contributed by atoms with Crippen molar-refractivity contribution in [2.24, 2.45) is 0 Å². The maximum atomic E-state index is 13.4. The highest BCUT2D eigenvalue weighted by molar-refractivity contribution is 7.89. The Labute approximate surface area is 197 Å². The van der Waals surface area contributed by atoms with Gasteiger partial charge in [0.15, 0.2) is 6.23 Å². The van der Waals surface area contributed by atoms with Crippen molar-refractivity contribution in [3.8, 4) is 17.2 Å². The molecule has 0 spiro atoms. The molecule has 1 heterocycles. The van der Waals surface area contributed by atoms with Crippen LogP contribution >= 0.6 is 0 Å². The molecule has 1 aliphatic heterocycles. The number of hydrogen-bond donors (Lipinski definition) is 2. The zero-order valence-corrected chi connectivity index (χ0v) is 19.2. The molecule has 3 aromatic rings. The molecule has 10 heteroatoms. The van der Waals surface area contributed by atoms with Crippen molar-refractivity contribution >= 4 is 16.1 Å². The summed E-state index contributed by atoms with van der Waals surface area (Å²) in [5.74, 6) is 1.76. The van der Waals surface area contributed by atoms with E-state index in [-0.39, 0.29) is 11.4 Å². The summed E-state index contributed by atoms with van der Waals surface area (Å²) >= 11 is 0. The number of ether oxygens (including phenoxy) is 3. The molecule has 3 aromatic carbocycles. The second-order valence-electron chi connectivity index (χ2n) is 7.41. The lowest BCUT2D eigenvalue weighted by Crippen LogP contribution is -2.43. The minimum absolute atomic E-state index is 0.0175. The Morgan fingerprint density at radius 3 is 2.26 bits per heavy atom. The smallest absolute Gasteiger partial charge is 0.432 e. The SMILES string of the molecule is CCOc1ccc(Oc2ccc(S(=O)(=O)N3CCc4ccccc4[C@H]3OC(=O)NO)cc2)cc1. The van der Waals surface area contributed by atoms with E-state index < -0.39 is 22.3 Å². The van der Waals surface area contributed by atoms with Gasteiger partial charge in [0.25, 0.3) is 0 Å². The normalized spacial score (nSPS) is 15.8. The summed E-state index contributed by atoms with van der Waals surface area (Å²) in [6.45, 7) is 2.57. The molecule has 0 bridgehead atoms. The van der Waals surface area contributed by atoms with Crippen LogP contribution in [0.4, 0.5) is 4.79 Å². The first-order valence-electron chi connectivity index (χ1n) is 10.6. The summed E-state index contributed by atoms with van der Waals surface area (Å²) in [6, 6.07) is 20.2. The van der Waals surface area contributed by atoms with Crippen LogP contribution < -0.4 is 15.0 Å². The van der Waals surface area contributed by atoms with Crippen LogP contribution in [0.3, 0.4) is 0 Å². The fourth-order valence-corrected chi connectivity index (χ4v) is 5.21. The van der Waals surface area contributed by atoms with E-state index in [1.165, 1.54) is 17.6 Å². The van der Waals surface area contributed by atoms with Crippen LogP contribution in [0, 0.1) is 0 Å². The second-order valence-corrected chi connectivity index (χ2v) is 9.30. The quantitative estimate of drug-likeness (QED) is 0.381. The molecule has 34 heavy (non-hydrogen) atoms. The van der Waals surface area contributed by atoms with Crippen molar-refractivity contribution < 1.29 is 32.6 Å². The summed E-state index contributed by atoms with van der Waals surface area (Å²) in [6.07, 6.45) is -1.92. The summed E-state index contributed by atoms with van der Waals surface area (Å²) < 4.78 is 44.4. The molecule has 0 radical (unpaired) electrons. The number of amides is 1. The van der Waals surface area contributed by atoms with Crippen LogP contribution in [-0.4, -0.2) is 37.2 Å². The number of hydroxylamine groups is 1. The summed E-state index contributed by atoms with van der Waals surface area (Å²) in [5.41, 5.74) is 2.79. The molecule has 9 nitrogen and oxygen atoms in total. The number of carbonyl (C=O) groups is 1. The van der Waals surface area contributed by atoms with E-state index in [1.807, 2.05) is 19.1 Å². The molecule has 0 unspecified atom stereocenters. The third kappa shape index (κ3) is 4.98. The Morgan fingerprint density at radius 1 is 1.00 bits per heavy atom. The van der Waals surface area contributed by atoms with E-state index in [2.05, 4.69) is 0 Å². The van der Waals surface area contributed by atoms with Crippen LogP contribution in [0.2, 0.25) is 0 Å². The number of carbonyl (C=O) groups excluding carboxylic acids is 1. The molecular formula is C24H24N2O7S. The van der Waals surface area contributed by atoms with Crippen LogP contribution in [-0.2, 0) is 21.2 Å². The van der Waals surface area contributed by atoms with Crippen molar-refractivity contribution in [3.63, 3.8) is 0 Å². The molecule has 1 atom stereocenters. The molecule has 0 saturated carbocycles. The summed E-state index contributed by atoms with van der Waals surface area (Å²) in [7, 11) is -4.03. The maximum absolute atomic E-state index is 13.4. The van der Waals surface area contributed by atoms with Gasteiger partial charge in [0.2, 0.25) is 10.0 Å². The highest BCUT2D eigenvalue weighted by Crippen LogP contribution is 2.35. The van der Waals surface area contributed by atoms with Gasteiger partial charge in [-0.2, -0.15) is 4.31 Å². The zero-order chi connectivity index (χ0) is 24.1.